The van der Waals surface area contributed by atoms with Gasteiger partial charge >= 0.3 is 0 Å². The number of nitrogens with zero attached hydrogens (tertiary/aromatic N) is 1. The van der Waals surface area contributed by atoms with Crippen LogP contribution in [0.15, 0.2) is 18.2 Å². The lowest BCUT2D eigenvalue weighted by Gasteiger charge is -2.22. The van der Waals surface area contributed by atoms with Crippen molar-refractivity contribution >= 4 is 17.3 Å². The maximum absolute atomic E-state index is 10.8. The second kappa shape index (κ2) is 6.16. The summed E-state index contributed by atoms with van der Waals surface area (Å²) in [6.45, 7) is 8.00. The molecule has 0 heterocycles. The lowest BCUT2D eigenvalue weighted by atomic mass is 9.90. The summed E-state index contributed by atoms with van der Waals surface area (Å²) in [5.74, 6) is 0. The zero-order valence-electron chi connectivity index (χ0n) is 11.0. The smallest absolute Gasteiger partial charge is 0.288 e. The molecule has 1 aromatic carbocycles. The number of halogens is 1. The Morgan fingerprint density at radius 3 is 2.67 bits per heavy atom. The highest BCUT2D eigenvalue weighted by atomic mass is 35.5. The van der Waals surface area contributed by atoms with Crippen LogP contribution in [0.1, 0.15) is 32.8 Å². The molecule has 0 unspecified atom stereocenters. The lowest BCUT2D eigenvalue weighted by molar-refractivity contribution is -0.384. The minimum Gasteiger partial charge on any atom is -0.312 e. The van der Waals surface area contributed by atoms with E-state index in [4.69, 9.17) is 11.6 Å². The van der Waals surface area contributed by atoms with E-state index >= 15 is 0 Å². The fourth-order valence-corrected chi connectivity index (χ4v) is 1.66. The molecule has 5 heteroatoms. The zero-order valence-corrected chi connectivity index (χ0v) is 11.8. The Labute approximate surface area is 112 Å². The summed E-state index contributed by atoms with van der Waals surface area (Å²) in [4.78, 5) is 10.3. The van der Waals surface area contributed by atoms with Crippen LogP contribution < -0.4 is 5.32 Å². The Hall–Kier alpha value is -1.13. The van der Waals surface area contributed by atoms with E-state index in [2.05, 4.69) is 26.1 Å². The Balaban J connectivity index is 2.64. The maximum atomic E-state index is 10.8. The first kappa shape index (κ1) is 14.9. The van der Waals surface area contributed by atoms with Gasteiger partial charge in [-0.2, -0.15) is 0 Å². The molecule has 0 saturated carbocycles. The third kappa shape index (κ3) is 4.27. The van der Waals surface area contributed by atoms with E-state index in [1.807, 2.05) is 0 Å². The minimum absolute atomic E-state index is 0.0364. The molecule has 0 amide bonds. The predicted octanol–water partition coefficient (Wildman–Crippen LogP) is 3.77. The molecule has 0 aliphatic carbocycles. The molecule has 0 radical (unpaired) electrons. The molecule has 18 heavy (non-hydrogen) atoms. The molecule has 0 aliphatic rings. The summed E-state index contributed by atoms with van der Waals surface area (Å²) in [5, 5.41) is 14.2. The molecule has 1 aromatic rings. The topological polar surface area (TPSA) is 55.2 Å². The first-order valence-corrected chi connectivity index (χ1v) is 6.37. The Bertz CT molecular complexity index is 433. The number of nitro benzene ring substituents is 1. The van der Waals surface area contributed by atoms with Gasteiger partial charge in [-0.15, -0.1) is 0 Å². The van der Waals surface area contributed by atoms with E-state index in [0.717, 1.165) is 18.5 Å². The molecular formula is C13H19ClN2O2. The third-order valence-electron chi connectivity index (χ3n) is 3.10. The van der Waals surface area contributed by atoms with Crippen LogP contribution in [-0.4, -0.2) is 11.5 Å². The van der Waals surface area contributed by atoms with Crippen molar-refractivity contribution in [3.8, 4) is 0 Å². The van der Waals surface area contributed by atoms with Crippen LogP contribution in [0.5, 0.6) is 0 Å². The average molecular weight is 271 g/mol. The van der Waals surface area contributed by atoms with Crippen molar-refractivity contribution in [1.29, 1.82) is 0 Å². The highest BCUT2D eigenvalue weighted by Crippen LogP contribution is 2.25. The van der Waals surface area contributed by atoms with Crippen LogP contribution in [0.25, 0.3) is 0 Å². The van der Waals surface area contributed by atoms with Crippen molar-refractivity contribution in [3.63, 3.8) is 0 Å². The summed E-state index contributed by atoms with van der Waals surface area (Å²) in [6, 6.07) is 4.90. The summed E-state index contributed by atoms with van der Waals surface area (Å²) < 4.78 is 0. The number of hydrogen-bond acceptors (Lipinski definition) is 3. The lowest BCUT2D eigenvalue weighted by Crippen LogP contribution is -2.28. The van der Waals surface area contributed by atoms with Gasteiger partial charge in [-0.1, -0.05) is 38.4 Å². The maximum Gasteiger partial charge on any atom is 0.288 e. The van der Waals surface area contributed by atoms with Gasteiger partial charge in [-0.25, -0.2) is 0 Å². The molecular weight excluding hydrogens is 252 g/mol. The molecule has 0 saturated heterocycles. The van der Waals surface area contributed by atoms with E-state index in [0.29, 0.717) is 6.54 Å². The van der Waals surface area contributed by atoms with E-state index < -0.39 is 4.92 Å². The summed E-state index contributed by atoms with van der Waals surface area (Å²) >= 11 is 5.76. The number of benzene rings is 1. The van der Waals surface area contributed by atoms with Crippen molar-refractivity contribution in [2.75, 3.05) is 6.54 Å². The van der Waals surface area contributed by atoms with Gasteiger partial charge in [-0.05, 0) is 23.5 Å². The fraction of sp³-hybridized carbons (Fsp3) is 0.538. The van der Waals surface area contributed by atoms with Gasteiger partial charge in [0.05, 0.1) is 4.92 Å². The summed E-state index contributed by atoms with van der Waals surface area (Å²) in [5.41, 5.74) is 1.07. The summed E-state index contributed by atoms with van der Waals surface area (Å²) in [7, 11) is 0. The molecule has 100 valence electrons. The van der Waals surface area contributed by atoms with Crippen LogP contribution >= 0.6 is 11.6 Å². The second-order valence-corrected chi connectivity index (χ2v) is 5.57. The van der Waals surface area contributed by atoms with E-state index in [1.165, 1.54) is 6.07 Å². The van der Waals surface area contributed by atoms with Crippen LogP contribution in [-0.2, 0) is 6.54 Å². The predicted molar refractivity (Wildman–Crippen MR) is 73.9 cm³/mol. The number of rotatable bonds is 6. The Kier molecular flexibility index (Phi) is 5.11. The van der Waals surface area contributed by atoms with Crippen LogP contribution in [0, 0.1) is 15.5 Å². The third-order valence-corrected chi connectivity index (χ3v) is 3.42. The van der Waals surface area contributed by atoms with Crippen LogP contribution in [0.4, 0.5) is 5.69 Å². The van der Waals surface area contributed by atoms with Crippen LogP contribution in [0.2, 0.25) is 5.02 Å². The second-order valence-electron chi connectivity index (χ2n) is 5.16. The monoisotopic (exact) mass is 270 g/mol. The van der Waals surface area contributed by atoms with Crippen LogP contribution in [0.3, 0.4) is 0 Å². The fourth-order valence-electron chi connectivity index (χ4n) is 1.48. The van der Waals surface area contributed by atoms with Gasteiger partial charge in [0.25, 0.3) is 5.69 Å². The Morgan fingerprint density at radius 2 is 2.11 bits per heavy atom. The molecule has 0 aromatic heterocycles. The average Bonchev–Trinajstić information content (AvgIpc) is 2.31. The van der Waals surface area contributed by atoms with E-state index in [1.54, 1.807) is 12.1 Å². The molecule has 0 bridgehead atoms. The molecule has 4 nitrogen and oxygen atoms in total. The normalized spacial score (nSPS) is 11.6. The van der Waals surface area contributed by atoms with Crippen molar-refractivity contribution in [3.05, 3.63) is 38.9 Å². The van der Waals surface area contributed by atoms with Gasteiger partial charge in [0.15, 0.2) is 0 Å². The first-order valence-electron chi connectivity index (χ1n) is 5.99. The van der Waals surface area contributed by atoms with Crippen molar-refractivity contribution in [1.82, 2.24) is 5.32 Å². The Morgan fingerprint density at radius 1 is 1.44 bits per heavy atom. The standard InChI is InChI=1S/C13H19ClN2O2/c1-4-13(2,3)9-15-8-10-5-6-11(14)12(7-10)16(17)18/h5-7,15H,4,8-9H2,1-3H3. The molecule has 0 fully saturated rings. The van der Waals surface area contributed by atoms with Crippen molar-refractivity contribution in [2.45, 2.75) is 33.7 Å². The molecule has 0 aliphatic heterocycles. The molecule has 1 N–H and O–H groups in total. The highest BCUT2D eigenvalue weighted by Gasteiger charge is 2.15. The van der Waals surface area contributed by atoms with Crippen molar-refractivity contribution in [2.24, 2.45) is 5.41 Å². The quantitative estimate of drug-likeness (QED) is 0.632. The van der Waals surface area contributed by atoms with Crippen molar-refractivity contribution < 1.29 is 4.92 Å². The SMILES string of the molecule is CCC(C)(C)CNCc1ccc(Cl)c([N+](=O)[O-])c1. The van der Waals surface area contributed by atoms with Gasteiger partial charge in [0, 0.05) is 19.2 Å². The largest absolute Gasteiger partial charge is 0.312 e. The molecule has 0 atom stereocenters. The van der Waals surface area contributed by atoms with Gasteiger partial charge in [-0.3, -0.25) is 10.1 Å². The van der Waals surface area contributed by atoms with Gasteiger partial charge < -0.3 is 5.32 Å². The summed E-state index contributed by atoms with van der Waals surface area (Å²) in [6.07, 6.45) is 1.08. The first-order chi connectivity index (χ1) is 8.35. The van der Waals surface area contributed by atoms with Gasteiger partial charge in [0.2, 0.25) is 0 Å². The minimum atomic E-state index is -0.457. The van der Waals surface area contributed by atoms with E-state index in [9.17, 15) is 10.1 Å². The van der Waals surface area contributed by atoms with E-state index in [-0.39, 0.29) is 16.1 Å². The molecule has 1 rings (SSSR count). The molecule has 0 spiro atoms. The zero-order chi connectivity index (χ0) is 13.8. The number of hydrogen-bond donors (Lipinski definition) is 1. The number of nitro groups is 1. The van der Waals surface area contributed by atoms with Gasteiger partial charge in [0.1, 0.15) is 5.02 Å². The highest BCUT2D eigenvalue weighted by molar-refractivity contribution is 6.32. The number of nitrogens with one attached hydrogen (secondary N) is 1.